The molecule has 0 bridgehead atoms. The van der Waals surface area contributed by atoms with E-state index in [1.165, 1.54) is 16.9 Å². The molecule has 2 aromatic carbocycles. The summed E-state index contributed by atoms with van der Waals surface area (Å²) in [5.41, 5.74) is 2.24. The molecule has 1 aliphatic rings. The maximum atomic E-state index is 12.4. The Morgan fingerprint density at radius 3 is 2.67 bits per heavy atom. The fourth-order valence-electron chi connectivity index (χ4n) is 2.97. The number of carbonyl (C=O) groups excluding carboxylic acids is 1. The van der Waals surface area contributed by atoms with E-state index in [2.05, 4.69) is 28.6 Å². The number of thiazole rings is 1. The van der Waals surface area contributed by atoms with Gasteiger partial charge in [0.2, 0.25) is 0 Å². The summed E-state index contributed by atoms with van der Waals surface area (Å²) >= 11 is 3.10. The Morgan fingerprint density at radius 1 is 1.19 bits per heavy atom. The SMILES string of the molecule is CCn1c(=NC(=O)CSCc2ccccc2)sc2cc3c(cc21)OCCO3. The summed E-state index contributed by atoms with van der Waals surface area (Å²) in [5.74, 6) is 2.58. The number of benzene rings is 2. The molecule has 0 unspecified atom stereocenters. The highest BCUT2D eigenvalue weighted by Gasteiger charge is 2.16. The second-order valence-electron chi connectivity index (χ2n) is 6.08. The van der Waals surface area contributed by atoms with Crippen LogP contribution < -0.4 is 14.3 Å². The Hall–Kier alpha value is -2.25. The first kappa shape index (κ1) is 18.1. The first-order valence-electron chi connectivity index (χ1n) is 8.87. The molecule has 27 heavy (non-hydrogen) atoms. The van der Waals surface area contributed by atoms with E-state index < -0.39 is 0 Å². The molecule has 3 aromatic rings. The molecule has 1 aliphatic heterocycles. The molecule has 7 heteroatoms. The molecule has 0 saturated heterocycles. The molecule has 0 saturated carbocycles. The number of rotatable bonds is 5. The number of hydrogen-bond acceptors (Lipinski definition) is 5. The Bertz CT molecular complexity index is 1020. The van der Waals surface area contributed by atoms with Gasteiger partial charge in [-0.3, -0.25) is 4.79 Å². The topological polar surface area (TPSA) is 52.8 Å². The van der Waals surface area contributed by atoms with Gasteiger partial charge in [-0.2, -0.15) is 4.99 Å². The van der Waals surface area contributed by atoms with Crippen molar-refractivity contribution in [3.63, 3.8) is 0 Å². The summed E-state index contributed by atoms with van der Waals surface area (Å²) in [6, 6.07) is 14.1. The van der Waals surface area contributed by atoms with Crippen molar-refractivity contribution >= 4 is 39.2 Å². The van der Waals surface area contributed by atoms with E-state index in [-0.39, 0.29) is 5.91 Å². The lowest BCUT2D eigenvalue weighted by Gasteiger charge is -2.18. The molecular formula is C20H20N2O3S2. The fraction of sp³-hybridized carbons (Fsp3) is 0.300. The smallest absolute Gasteiger partial charge is 0.258 e. The molecule has 5 nitrogen and oxygen atoms in total. The highest BCUT2D eigenvalue weighted by atomic mass is 32.2. The van der Waals surface area contributed by atoms with E-state index in [1.54, 1.807) is 11.8 Å². The van der Waals surface area contributed by atoms with E-state index in [0.717, 1.165) is 38.8 Å². The van der Waals surface area contributed by atoms with Crippen molar-refractivity contribution in [2.45, 2.75) is 19.2 Å². The summed E-state index contributed by atoms with van der Waals surface area (Å²) in [4.78, 5) is 17.4. The van der Waals surface area contributed by atoms with Crippen LogP contribution in [-0.4, -0.2) is 29.4 Å². The zero-order chi connectivity index (χ0) is 18.6. The van der Waals surface area contributed by atoms with Crippen molar-refractivity contribution in [1.82, 2.24) is 4.57 Å². The van der Waals surface area contributed by atoms with Crippen molar-refractivity contribution in [1.29, 1.82) is 0 Å². The number of fused-ring (bicyclic) bond motifs is 2. The van der Waals surface area contributed by atoms with E-state index in [4.69, 9.17) is 9.47 Å². The molecule has 0 atom stereocenters. The van der Waals surface area contributed by atoms with Gasteiger partial charge in [-0.15, -0.1) is 11.8 Å². The average Bonchev–Trinajstić information content (AvgIpc) is 3.02. The van der Waals surface area contributed by atoms with Crippen LogP contribution in [0.25, 0.3) is 10.2 Å². The van der Waals surface area contributed by atoms with Gasteiger partial charge in [-0.25, -0.2) is 0 Å². The van der Waals surface area contributed by atoms with Crippen LogP contribution in [-0.2, 0) is 17.1 Å². The van der Waals surface area contributed by atoms with Crippen LogP contribution in [0.5, 0.6) is 11.5 Å². The van der Waals surface area contributed by atoms with Crippen molar-refractivity contribution in [3.05, 3.63) is 52.8 Å². The first-order valence-corrected chi connectivity index (χ1v) is 10.8. The number of aryl methyl sites for hydroxylation is 1. The lowest BCUT2D eigenvalue weighted by molar-refractivity contribution is -0.115. The first-order chi connectivity index (χ1) is 13.2. The number of nitrogens with zero attached hydrogens (tertiary/aromatic N) is 2. The van der Waals surface area contributed by atoms with Crippen LogP contribution in [0.2, 0.25) is 0 Å². The molecule has 0 fully saturated rings. The predicted molar refractivity (Wildman–Crippen MR) is 110 cm³/mol. The molecule has 4 rings (SSSR count). The van der Waals surface area contributed by atoms with Gasteiger partial charge in [0.25, 0.3) is 5.91 Å². The molecule has 1 aromatic heterocycles. The van der Waals surface area contributed by atoms with Crippen LogP contribution >= 0.6 is 23.1 Å². The van der Waals surface area contributed by atoms with Gasteiger partial charge in [0, 0.05) is 24.4 Å². The Balaban J connectivity index is 1.55. The van der Waals surface area contributed by atoms with E-state index in [0.29, 0.717) is 19.0 Å². The number of amides is 1. The number of aromatic nitrogens is 1. The van der Waals surface area contributed by atoms with Crippen LogP contribution in [0, 0.1) is 0 Å². The largest absolute Gasteiger partial charge is 0.486 e. The Labute approximate surface area is 165 Å². The normalized spacial score (nSPS) is 13.9. The minimum Gasteiger partial charge on any atom is -0.486 e. The number of carbonyl (C=O) groups is 1. The minimum atomic E-state index is -0.109. The number of ether oxygens (including phenoxy) is 2. The molecule has 140 valence electrons. The van der Waals surface area contributed by atoms with Gasteiger partial charge in [-0.1, -0.05) is 41.7 Å². The summed E-state index contributed by atoms with van der Waals surface area (Å²) < 4.78 is 14.4. The fourth-order valence-corrected chi connectivity index (χ4v) is 4.86. The lowest BCUT2D eigenvalue weighted by Crippen LogP contribution is -2.17. The zero-order valence-electron chi connectivity index (χ0n) is 15.0. The third kappa shape index (κ3) is 4.04. The minimum absolute atomic E-state index is 0.109. The molecule has 0 spiro atoms. The summed E-state index contributed by atoms with van der Waals surface area (Å²) in [6.07, 6.45) is 0. The third-order valence-corrected chi connectivity index (χ3v) is 6.25. The zero-order valence-corrected chi connectivity index (χ0v) is 16.6. The van der Waals surface area contributed by atoms with Crippen molar-refractivity contribution in [2.75, 3.05) is 19.0 Å². The predicted octanol–water partition coefficient (Wildman–Crippen LogP) is 3.85. The highest BCUT2D eigenvalue weighted by molar-refractivity contribution is 7.99. The molecular weight excluding hydrogens is 380 g/mol. The lowest BCUT2D eigenvalue weighted by atomic mass is 10.2. The second kappa shape index (κ2) is 8.19. The van der Waals surface area contributed by atoms with E-state index in [9.17, 15) is 4.79 Å². The van der Waals surface area contributed by atoms with Gasteiger partial charge in [-0.05, 0) is 12.5 Å². The van der Waals surface area contributed by atoms with E-state index >= 15 is 0 Å². The molecule has 0 N–H and O–H groups in total. The van der Waals surface area contributed by atoms with Crippen molar-refractivity contribution in [3.8, 4) is 11.5 Å². The van der Waals surface area contributed by atoms with Gasteiger partial charge in [0.05, 0.1) is 16.0 Å². The number of hydrogen-bond donors (Lipinski definition) is 0. The van der Waals surface area contributed by atoms with Crippen LogP contribution in [0.4, 0.5) is 0 Å². The summed E-state index contributed by atoms with van der Waals surface area (Å²) in [5, 5.41) is 0. The van der Waals surface area contributed by atoms with E-state index in [1.807, 2.05) is 30.3 Å². The molecule has 0 aliphatic carbocycles. The monoisotopic (exact) mass is 400 g/mol. The summed E-state index contributed by atoms with van der Waals surface area (Å²) in [7, 11) is 0. The Morgan fingerprint density at radius 2 is 1.93 bits per heavy atom. The highest BCUT2D eigenvalue weighted by Crippen LogP contribution is 2.35. The maximum Gasteiger partial charge on any atom is 0.258 e. The van der Waals surface area contributed by atoms with Crippen LogP contribution in [0.1, 0.15) is 12.5 Å². The standard InChI is InChI=1S/C20H20N2O3S2/c1-2-22-15-10-16-17(25-9-8-24-16)11-18(15)27-20(22)21-19(23)13-26-12-14-6-4-3-5-7-14/h3-7,10-11H,2,8-9,12-13H2,1H3. The van der Waals surface area contributed by atoms with Gasteiger partial charge in [0.1, 0.15) is 13.2 Å². The average molecular weight is 401 g/mol. The third-order valence-electron chi connectivity index (χ3n) is 4.22. The van der Waals surface area contributed by atoms with Gasteiger partial charge < -0.3 is 14.0 Å². The maximum absolute atomic E-state index is 12.4. The van der Waals surface area contributed by atoms with Crippen LogP contribution in [0.3, 0.4) is 0 Å². The quantitative estimate of drug-likeness (QED) is 0.653. The number of thioether (sulfide) groups is 1. The van der Waals surface area contributed by atoms with Crippen LogP contribution in [0.15, 0.2) is 47.5 Å². The van der Waals surface area contributed by atoms with Gasteiger partial charge >= 0.3 is 0 Å². The second-order valence-corrected chi connectivity index (χ2v) is 8.07. The molecule has 0 radical (unpaired) electrons. The molecule has 1 amide bonds. The Kier molecular flexibility index (Phi) is 5.50. The molecule has 2 heterocycles. The van der Waals surface area contributed by atoms with Crippen molar-refractivity contribution < 1.29 is 14.3 Å². The summed E-state index contributed by atoms with van der Waals surface area (Å²) in [6.45, 7) is 3.91. The van der Waals surface area contributed by atoms with Crippen molar-refractivity contribution in [2.24, 2.45) is 4.99 Å². The van der Waals surface area contributed by atoms with Gasteiger partial charge in [0.15, 0.2) is 16.3 Å².